The Bertz CT molecular complexity index is 871. The number of hydrogen-bond donors (Lipinski definition) is 3. The fourth-order valence-electron chi connectivity index (χ4n) is 3.44. The van der Waals surface area contributed by atoms with E-state index >= 15 is 0 Å². The fraction of sp³-hybridized carbons (Fsp3) is 0.250. The standard InChI is InChI=1S/C20H20O6/c1-25-17-9-14-13(8-16(17)23)19-12(15(10-22)20(14)24)6-11(4-3-5-21)7-18(19)26-2/h3-9,15,20,22-24H,10H2,1-2H3. The van der Waals surface area contributed by atoms with Gasteiger partial charge in [-0.15, -0.1) is 0 Å². The lowest BCUT2D eigenvalue weighted by atomic mass is 9.75. The zero-order valence-corrected chi connectivity index (χ0v) is 14.5. The third-order valence-electron chi connectivity index (χ3n) is 4.66. The molecule has 2 aromatic carbocycles. The molecule has 2 atom stereocenters. The number of phenolic OH excluding ortho intramolecular Hbond substituents is 1. The highest BCUT2D eigenvalue weighted by molar-refractivity contribution is 5.84. The summed E-state index contributed by atoms with van der Waals surface area (Å²) in [7, 11) is 2.95. The van der Waals surface area contributed by atoms with Crippen molar-refractivity contribution in [2.75, 3.05) is 20.8 Å². The summed E-state index contributed by atoms with van der Waals surface area (Å²) >= 11 is 0. The van der Waals surface area contributed by atoms with Crippen molar-refractivity contribution < 1.29 is 29.6 Å². The van der Waals surface area contributed by atoms with Crippen molar-refractivity contribution >= 4 is 12.4 Å². The molecule has 6 nitrogen and oxygen atoms in total. The minimum Gasteiger partial charge on any atom is -0.504 e. The molecule has 136 valence electrons. The number of aliphatic hydroxyl groups excluding tert-OH is 2. The molecule has 0 amide bonds. The first-order chi connectivity index (χ1) is 12.5. The summed E-state index contributed by atoms with van der Waals surface area (Å²) in [6.07, 6.45) is 2.67. The number of methoxy groups -OCH3 is 2. The van der Waals surface area contributed by atoms with Crippen LogP contribution in [0, 0.1) is 0 Å². The zero-order valence-electron chi connectivity index (χ0n) is 14.5. The Balaban J connectivity index is 2.33. The number of aromatic hydroxyl groups is 1. The van der Waals surface area contributed by atoms with Gasteiger partial charge in [-0.1, -0.05) is 12.1 Å². The molecule has 2 unspecified atom stereocenters. The van der Waals surface area contributed by atoms with Crippen LogP contribution < -0.4 is 9.47 Å². The Hall–Kier alpha value is -2.83. The molecule has 0 aromatic heterocycles. The van der Waals surface area contributed by atoms with E-state index in [2.05, 4.69) is 0 Å². The quantitative estimate of drug-likeness (QED) is 0.562. The second-order valence-corrected chi connectivity index (χ2v) is 6.03. The van der Waals surface area contributed by atoms with Gasteiger partial charge < -0.3 is 24.8 Å². The smallest absolute Gasteiger partial charge is 0.160 e. The maximum Gasteiger partial charge on any atom is 0.160 e. The third kappa shape index (κ3) is 2.83. The van der Waals surface area contributed by atoms with Gasteiger partial charge in [0.15, 0.2) is 11.5 Å². The molecule has 0 bridgehead atoms. The number of aldehydes is 1. The highest BCUT2D eigenvalue weighted by Gasteiger charge is 2.35. The van der Waals surface area contributed by atoms with Crippen LogP contribution >= 0.6 is 0 Å². The SMILES string of the molecule is COc1cc2c(cc1O)-c1c(OC)cc(C=CC=O)cc1C(CO)C2O. The Kier molecular flexibility index (Phi) is 4.97. The van der Waals surface area contributed by atoms with Gasteiger partial charge in [0.25, 0.3) is 0 Å². The van der Waals surface area contributed by atoms with Gasteiger partial charge in [0.2, 0.25) is 0 Å². The maximum absolute atomic E-state index is 10.8. The summed E-state index contributed by atoms with van der Waals surface area (Å²) in [5.41, 5.74) is 3.23. The molecule has 0 radical (unpaired) electrons. The largest absolute Gasteiger partial charge is 0.504 e. The van der Waals surface area contributed by atoms with Gasteiger partial charge >= 0.3 is 0 Å². The van der Waals surface area contributed by atoms with E-state index in [1.807, 2.05) is 0 Å². The summed E-state index contributed by atoms with van der Waals surface area (Å²) in [5.74, 6) is 0.126. The Morgan fingerprint density at radius 1 is 1.08 bits per heavy atom. The van der Waals surface area contributed by atoms with E-state index < -0.39 is 12.0 Å². The molecule has 3 N–H and O–H groups in total. The van der Waals surface area contributed by atoms with Crippen molar-refractivity contribution in [3.63, 3.8) is 0 Å². The van der Waals surface area contributed by atoms with E-state index in [0.717, 1.165) is 0 Å². The fourth-order valence-corrected chi connectivity index (χ4v) is 3.44. The first-order valence-electron chi connectivity index (χ1n) is 8.09. The van der Waals surface area contributed by atoms with Crippen molar-refractivity contribution in [1.82, 2.24) is 0 Å². The molecule has 2 aromatic rings. The summed E-state index contributed by atoms with van der Waals surface area (Å²) in [5, 5.41) is 30.9. The van der Waals surface area contributed by atoms with Gasteiger partial charge in [0.1, 0.15) is 12.0 Å². The van der Waals surface area contributed by atoms with Crippen molar-refractivity contribution in [3.05, 3.63) is 47.0 Å². The van der Waals surface area contributed by atoms with E-state index in [0.29, 0.717) is 39.9 Å². The number of fused-ring (bicyclic) bond motifs is 3. The lowest BCUT2D eigenvalue weighted by molar-refractivity contribution is -0.104. The van der Waals surface area contributed by atoms with Gasteiger partial charge in [0.05, 0.1) is 26.9 Å². The number of phenols is 1. The Morgan fingerprint density at radius 3 is 2.42 bits per heavy atom. The molecule has 0 spiro atoms. The number of allylic oxidation sites excluding steroid dienone is 1. The van der Waals surface area contributed by atoms with Crippen molar-refractivity contribution in [1.29, 1.82) is 0 Å². The number of carbonyl (C=O) groups is 1. The van der Waals surface area contributed by atoms with Crippen LogP contribution in [0.3, 0.4) is 0 Å². The van der Waals surface area contributed by atoms with Crippen LogP contribution in [-0.4, -0.2) is 42.4 Å². The van der Waals surface area contributed by atoms with Crippen molar-refractivity contribution in [2.45, 2.75) is 12.0 Å². The van der Waals surface area contributed by atoms with Gasteiger partial charge in [-0.3, -0.25) is 4.79 Å². The Morgan fingerprint density at radius 2 is 1.81 bits per heavy atom. The first kappa shape index (κ1) is 18.0. The van der Waals surface area contributed by atoms with E-state index in [1.54, 1.807) is 24.3 Å². The van der Waals surface area contributed by atoms with Crippen LogP contribution in [0.1, 0.15) is 28.7 Å². The van der Waals surface area contributed by atoms with Crippen LogP contribution in [0.4, 0.5) is 0 Å². The minimum atomic E-state index is -0.980. The second kappa shape index (κ2) is 7.19. The van der Waals surface area contributed by atoms with E-state index in [1.165, 1.54) is 26.4 Å². The predicted octanol–water partition coefficient (Wildman–Crippen LogP) is 2.41. The highest BCUT2D eigenvalue weighted by Crippen LogP contribution is 2.52. The molecule has 6 heteroatoms. The second-order valence-electron chi connectivity index (χ2n) is 6.03. The highest BCUT2D eigenvalue weighted by atomic mass is 16.5. The molecule has 1 aliphatic rings. The Labute approximate surface area is 150 Å². The van der Waals surface area contributed by atoms with Crippen LogP contribution in [0.5, 0.6) is 17.2 Å². The molecular formula is C20H20O6. The van der Waals surface area contributed by atoms with Gasteiger partial charge in [-0.25, -0.2) is 0 Å². The molecular weight excluding hydrogens is 336 g/mol. The van der Waals surface area contributed by atoms with Crippen LogP contribution in [0.2, 0.25) is 0 Å². The lowest BCUT2D eigenvalue weighted by Gasteiger charge is -2.33. The first-order valence-corrected chi connectivity index (χ1v) is 8.09. The van der Waals surface area contributed by atoms with Crippen LogP contribution in [-0.2, 0) is 4.79 Å². The zero-order chi connectivity index (χ0) is 18.8. The number of rotatable bonds is 5. The number of carbonyl (C=O) groups excluding carboxylic acids is 1. The van der Waals surface area contributed by atoms with Gasteiger partial charge in [-0.05, 0) is 46.5 Å². The molecule has 0 saturated carbocycles. The topological polar surface area (TPSA) is 96.2 Å². The number of hydrogen-bond acceptors (Lipinski definition) is 6. The molecule has 0 fully saturated rings. The molecule has 3 rings (SSSR count). The number of aliphatic hydroxyl groups is 2. The van der Waals surface area contributed by atoms with E-state index in [9.17, 15) is 20.1 Å². The molecule has 26 heavy (non-hydrogen) atoms. The van der Waals surface area contributed by atoms with Crippen molar-refractivity contribution in [2.24, 2.45) is 0 Å². The molecule has 0 aliphatic heterocycles. The van der Waals surface area contributed by atoms with Gasteiger partial charge in [0, 0.05) is 11.5 Å². The lowest BCUT2D eigenvalue weighted by Crippen LogP contribution is -2.21. The average Bonchev–Trinajstić information content (AvgIpc) is 2.65. The molecule has 0 heterocycles. The summed E-state index contributed by atoms with van der Waals surface area (Å²) in [4.78, 5) is 10.6. The predicted molar refractivity (Wildman–Crippen MR) is 96.5 cm³/mol. The van der Waals surface area contributed by atoms with Crippen molar-refractivity contribution in [3.8, 4) is 28.4 Å². The van der Waals surface area contributed by atoms with E-state index in [4.69, 9.17) is 9.47 Å². The third-order valence-corrected chi connectivity index (χ3v) is 4.66. The van der Waals surface area contributed by atoms with E-state index in [-0.39, 0.29) is 18.1 Å². The number of benzene rings is 2. The molecule has 1 aliphatic carbocycles. The van der Waals surface area contributed by atoms with Crippen LogP contribution in [0.25, 0.3) is 17.2 Å². The summed E-state index contributed by atoms with van der Waals surface area (Å²) in [6.45, 7) is -0.277. The van der Waals surface area contributed by atoms with Gasteiger partial charge in [-0.2, -0.15) is 0 Å². The maximum atomic E-state index is 10.8. The molecule has 0 saturated heterocycles. The summed E-state index contributed by atoms with van der Waals surface area (Å²) in [6, 6.07) is 6.65. The normalized spacial score (nSPS) is 18.3. The minimum absolute atomic E-state index is 0.0566. The average molecular weight is 356 g/mol. The monoisotopic (exact) mass is 356 g/mol. The summed E-state index contributed by atoms with van der Waals surface area (Å²) < 4.78 is 10.7. The van der Waals surface area contributed by atoms with Crippen LogP contribution in [0.15, 0.2) is 30.3 Å². The number of ether oxygens (including phenoxy) is 2.